The Balaban J connectivity index is 1.86. The van der Waals surface area contributed by atoms with Gasteiger partial charge in [0.25, 0.3) is 0 Å². The average molecular weight is 292 g/mol. The minimum absolute atomic E-state index is 0.666. The average Bonchev–Trinajstić information content (AvgIpc) is 2.95. The Morgan fingerprint density at radius 2 is 1.95 bits per heavy atom. The van der Waals surface area contributed by atoms with Gasteiger partial charge < -0.3 is 4.74 Å². The van der Waals surface area contributed by atoms with Crippen molar-refractivity contribution < 1.29 is 4.74 Å². The molecule has 0 atom stereocenters. The van der Waals surface area contributed by atoms with Crippen LogP contribution < -0.4 is 4.74 Å². The number of methoxy groups -OCH3 is 1. The van der Waals surface area contributed by atoms with Gasteiger partial charge in [0.1, 0.15) is 10.8 Å². The summed E-state index contributed by atoms with van der Waals surface area (Å²) in [4.78, 5) is 4.56. The normalized spacial score (nSPS) is 10.9. The fraction of sp³-hybridized carbons (Fsp3) is 0.0588. The number of hydrogen-bond donors (Lipinski definition) is 0. The maximum atomic E-state index is 8.77. The van der Waals surface area contributed by atoms with E-state index in [1.807, 2.05) is 54.6 Å². The smallest absolute Gasteiger partial charge is 0.120 e. The molecule has 2 aromatic carbocycles. The lowest BCUT2D eigenvalue weighted by molar-refractivity contribution is 0.415. The second-order valence-corrected chi connectivity index (χ2v) is 5.52. The van der Waals surface area contributed by atoms with Crippen LogP contribution in [-0.2, 0) is 0 Å². The molecule has 0 fully saturated rings. The number of fused-ring (bicyclic) bond motifs is 1. The van der Waals surface area contributed by atoms with Gasteiger partial charge in [0.2, 0.25) is 0 Å². The first kappa shape index (κ1) is 13.3. The summed E-state index contributed by atoms with van der Waals surface area (Å²) < 4.78 is 6.32. The third-order valence-electron chi connectivity index (χ3n) is 3.07. The maximum absolute atomic E-state index is 8.77. The summed E-state index contributed by atoms with van der Waals surface area (Å²) in [5.74, 6) is 0.841. The van der Waals surface area contributed by atoms with E-state index in [-0.39, 0.29) is 0 Å². The zero-order valence-electron chi connectivity index (χ0n) is 11.4. The van der Waals surface area contributed by atoms with E-state index < -0.39 is 0 Å². The van der Waals surface area contributed by atoms with Crippen molar-refractivity contribution in [2.45, 2.75) is 0 Å². The first-order valence-corrected chi connectivity index (χ1v) is 7.23. The number of ether oxygens (including phenoxy) is 1. The first-order valence-electron chi connectivity index (χ1n) is 6.41. The topological polar surface area (TPSA) is 45.9 Å². The van der Waals surface area contributed by atoms with E-state index in [1.54, 1.807) is 18.4 Å². The molecule has 3 nitrogen and oxygen atoms in total. The SMILES string of the molecule is COc1ccc2nc(C=Cc3ccc(C#N)cc3)sc2c1. The summed E-state index contributed by atoms with van der Waals surface area (Å²) in [5.41, 5.74) is 2.69. The van der Waals surface area contributed by atoms with Crippen molar-refractivity contribution in [1.82, 2.24) is 4.98 Å². The molecule has 0 saturated carbocycles. The van der Waals surface area contributed by atoms with Gasteiger partial charge in [0.05, 0.1) is 29.0 Å². The Hall–Kier alpha value is -2.64. The van der Waals surface area contributed by atoms with Crippen molar-refractivity contribution in [2.24, 2.45) is 0 Å². The molecule has 0 amide bonds. The number of thiazole rings is 1. The van der Waals surface area contributed by atoms with Crippen molar-refractivity contribution in [1.29, 1.82) is 5.26 Å². The minimum Gasteiger partial charge on any atom is -0.497 e. The zero-order chi connectivity index (χ0) is 14.7. The highest BCUT2D eigenvalue weighted by Gasteiger charge is 2.02. The molecule has 0 saturated heterocycles. The molecule has 0 unspecified atom stereocenters. The maximum Gasteiger partial charge on any atom is 0.120 e. The van der Waals surface area contributed by atoms with Gasteiger partial charge in [-0.2, -0.15) is 5.26 Å². The summed E-state index contributed by atoms with van der Waals surface area (Å²) in [6, 6.07) is 15.4. The lowest BCUT2D eigenvalue weighted by Gasteiger charge is -1.96. The molecule has 1 heterocycles. The van der Waals surface area contributed by atoms with Crippen LogP contribution in [0.3, 0.4) is 0 Å². The molecule has 3 aromatic rings. The number of rotatable bonds is 3. The van der Waals surface area contributed by atoms with Crippen LogP contribution in [0.1, 0.15) is 16.1 Å². The fourth-order valence-electron chi connectivity index (χ4n) is 1.96. The van der Waals surface area contributed by atoms with Crippen molar-refractivity contribution in [3.63, 3.8) is 0 Å². The molecule has 102 valence electrons. The van der Waals surface area contributed by atoms with Crippen LogP contribution >= 0.6 is 11.3 Å². The van der Waals surface area contributed by atoms with Gasteiger partial charge >= 0.3 is 0 Å². The molecular formula is C17H12N2OS. The van der Waals surface area contributed by atoms with Gasteiger partial charge in [-0.3, -0.25) is 0 Å². The standard InChI is InChI=1S/C17H12N2OS/c1-20-14-7-8-15-16(10-14)21-17(19-15)9-6-12-2-4-13(11-18)5-3-12/h2-10H,1H3. The van der Waals surface area contributed by atoms with Gasteiger partial charge in [-0.25, -0.2) is 4.98 Å². The lowest BCUT2D eigenvalue weighted by Crippen LogP contribution is -1.80. The molecular weight excluding hydrogens is 280 g/mol. The summed E-state index contributed by atoms with van der Waals surface area (Å²) in [6.07, 6.45) is 3.98. The summed E-state index contributed by atoms with van der Waals surface area (Å²) >= 11 is 1.62. The second kappa shape index (κ2) is 5.78. The van der Waals surface area contributed by atoms with Gasteiger partial charge in [-0.1, -0.05) is 18.2 Å². The molecule has 0 radical (unpaired) electrons. The van der Waals surface area contributed by atoms with Crippen LogP contribution in [0, 0.1) is 11.3 Å². The van der Waals surface area contributed by atoms with Crippen LogP contribution in [0.2, 0.25) is 0 Å². The van der Waals surface area contributed by atoms with E-state index in [2.05, 4.69) is 11.1 Å². The van der Waals surface area contributed by atoms with Gasteiger partial charge in [0.15, 0.2) is 0 Å². The highest BCUT2D eigenvalue weighted by atomic mass is 32.1. The predicted octanol–water partition coefficient (Wildman–Crippen LogP) is 4.35. The Morgan fingerprint density at radius 1 is 1.14 bits per heavy atom. The van der Waals surface area contributed by atoms with Crippen LogP contribution in [-0.4, -0.2) is 12.1 Å². The van der Waals surface area contributed by atoms with E-state index in [4.69, 9.17) is 10.00 Å². The third-order valence-corrected chi connectivity index (χ3v) is 4.05. The second-order valence-electron chi connectivity index (χ2n) is 4.45. The van der Waals surface area contributed by atoms with E-state index in [9.17, 15) is 0 Å². The largest absolute Gasteiger partial charge is 0.497 e. The first-order chi connectivity index (χ1) is 10.3. The van der Waals surface area contributed by atoms with Gasteiger partial charge in [0, 0.05) is 0 Å². The van der Waals surface area contributed by atoms with Crippen LogP contribution in [0.25, 0.3) is 22.4 Å². The van der Waals surface area contributed by atoms with Crippen LogP contribution in [0.15, 0.2) is 42.5 Å². The number of benzene rings is 2. The number of nitriles is 1. The molecule has 0 spiro atoms. The van der Waals surface area contributed by atoms with E-state index >= 15 is 0 Å². The van der Waals surface area contributed by atoms with E-state index in [0.717, 1.165) is 26.5 Å². The molecule has 0 aliphatic rings. The lowest BCUT2D eigenvalue weighted by atomic mass is 10.1. The Morgan fingerprint density at radius 3 is 2.67 bits per heavy atom. The highest BCUT2D eigenvalue weighted by Crippen LogP contribution is 2.27. The van der Waals surface area contributed by atoms with Crippen LogP contribution in [0.4, 0.5) is 0 Å². The molecule has 21 heavy (non-hydrogen) atoms. The van der Waals surface area contributed by atoms with Gasteiger partial charge in [-0.15, -0.1) is 11.3 Å². The van der Waals surface area contributed by atoms with E-state index in [0.29, 0.717) is 5.56 Å². The summed E-state index contributed by atoms with van der Waals surface area (Å²) in [6.45, 7) is 0. The van der Waals surface area contributed by atoms with Crippen molar-refractivity contribution in [3.8, 4) is 11.8 Å². The van der Waals surface area contributed by atoms with Crippen molar-refractivity contribution in [3.05, 3.63) is 58.6 Å². The van der Waals surface area contributed by atoms with Crippen LogP contribution in [0.5, 0.6) is 5.75 Å². The minimum atomic E-state index is 0.666. The molecule has 4 heteroatoms. The molecule has 0 aliphatic heterocycles. The Bertz CT molecular complexity index is 841. The summed E-state index contributed by atoms with van der Waals surface area (Å²) in [7, 11) is 1.66. The molecule has 1 aromatic heterocycles. The Labute approximate surface area is 126 Å². The third kappa shape index (κ3) is 2.93. The zero-order valence-corrected chi connectivity index (χ0v) is 12.2. The highest BCUT2D eigenvalue weighted by molar-refractivity contribution is 7.19. The van der Waals surface area contributed by atoms with Crippen molar-refractivity contribution in [2.75, 3.05) is 7.11 Å². The molecule has 0 aliphatic carbocycles. The number of aromatic nitrogens is 1. The summed E-state index contributed by atoms with van der Waals surface area (Å²) in [5, 5.41) is 9.72. The fourth-order valence-corrected chi connectivity index (χ4v) is 2.86. The monoisotopic (exact) mass is 292 g/mol. The van der Waals surface area contributed by atoms with Crippen molar-refractivity contribution >= 4 is 33.7 Å². The number of hydrogen-bond acceptors (Lipinski definition) is 4. The van der Waals surface area contributed by atoms with Gasteiger partial charge in [-0.05, 0) is 42.0 Å². The molecule has 0 bridgehead atoms. The van der Waals surface area contributed by atoms with E-state index in [1.165, 1.54) is 0 Å². The molecule has 0 N–H and O–H groups in total. The Kier molecular flexibility index (Phi) is 3.67. The number of nitrogens with zero attached hydrogens (tertiary/aromatic N) is 2. The molecule has 3 rings (SSSR count). The predicted molar refractivity (Wildman–Crippen MR) is 86.3 cm³/mol. The quantitative estimate of drug-likeness (QED) is 0.721.